The highest BCUT2D eigenvalue weighted by Crippen LogP contribution is 2.23. The van der Waals surface area contributed by atoms with E-state index in [1.807, 2.05) is 32.9 Å². The molecule has 0 radical (unpaired) electrons. The van der Waals surface area contributed by atoms with Gasteiger partial charge in [-0.25, -0.2) is 8.42 Å². The van der Waals surface area contributed by atoms with E-state index in [1.165, 1.54) is 4.31 Å². The van der Waals surface area contributed by atoms with Crippen molar-refractivity contribution in [3.63, 3.8) is 0 Å². The van der Waals surface area contributed by atoms with Crippen molar-refractivity contribution in [3.05, 3.63) is 29.3 Å². The molecular formula is C15H24ClNO3S. The first-order valence-corrected chi connectivity index (χ1v) is 9.24. The zero-order valence-electron chi connectivity index (χ0n) is 12.9. The van der Waals surface area contributed by atoms with Crippen LogP contribution in [0.2, 0.25) is 0 Å². The molecule has 21 heavy (non-hydrogen) atoms. The first-order chi connectivity index (χ1) is 10.0. The van der Waals surface area contributed by atoms with E-state index in [0.717, 1.165) is 11.1 Å². The molecule has 6 heteroatoms. The van der Waals surface area contributed by atoms with Crippen LogP contribution in [0.3, 0.4) is 0 Å². The molecule has 0 atom stereocenters. The third-order valence-electron chi connectivity index (χ3n) is 3.33. The fraction of sp³-hybridized carbons (Fsp3) is 0.600. The summed E-state index contributed by atoms with van der Waals surface area (Å²) < 4.78 is 32.4. The fourth-order valence-corrected chi connectivity index (χ4v) is 4.06. The minimum Gasteiger partial charge on any atom is -0.380 e. The van der Waals surface area contributed by atoms with Crippen molar-refractivity contribution in [1.29, 1.82) is 0 Å². The number of halogens is 1. The van der Waals surface area contributed by atoms with E-state index < -0.39 is 10.0 Å². The minimum atomic E-state index is -3.51. The van der Waals surface area contributed by atoms with Gasteiger partial charge in [-0.3, -0.25) is 0 Å². The van der Waals surface area contributed by atoms with E-state index in [9.17, 15) is 8.42 Å². The number of ether oxygens (including phenoxy) is 1. The number of aryl methyl sites for hydroxylation is 1. The first-order valence-electron chi connectivity index (χ1n) is 7.26. The highest BCUT2D eigenvalue weighted by Gasteiger charge is 2.25. The molecule has 4 nitrogen and oxygen atoms in total. The molecule has 0 aliphatic heterocycles. The minimum absolute atomic E-state index is 0.303. The summed E-state index contributed by atoms with van der Waals surface area (Å²) in [6.45, 7) is 7.44. The molecule has 0 fully saturated rings. The normalized spacial score (nSPS) is 12.0. The lowest BCUT2D eigenvalue weighted by molar-refractivity contribution is 0.135. The topological polar surface area (TPSA) is 46.6 Å². The van der Waals surface area contributed by atoms with E-state index in [4.69, 9.17) is 16.3 Å². The van der Waals surface area contributed by atoms with Gasteiger partial charge in [0.15, 0.2) is 0 Å². The summed E-state index contributed by atoms with van der Waals surface area (Å²) in [5.74, 6) is 0.303. The van der Waals surface area contributed by atoms with E-state index >= 15 is 0 Å². The van der Waals surface area contributed by atoms with Crippen LogP contribution in [0, 0.1) is 0 Å². The molecule has 0 heterocycles. The van der Waals surface area contributed by atoms with Crippen molar-refractivity contribution >= 4 is 21.6 Å². The van der Waals surface area contributed by atoms with Gasteiger partial charge in [-0.2, -0.15) is 4.31 Å². The Morgan fingerprint density at radius 3 is 2.48 bits per heavy atom. The monoisotopic (exact) mass is 333 g/mol. The van der Waals surface area contributed by atoms with Gasteiger partial charge in [0, 0.05) is 25.6 Å². The van der Waals surface area contributed by atoms with Gasteiger partial charge in [0.05, 0.1) is 11.5 Å². The number of benzene rings is 1. The maximum atomic E-state index is 12.8. The summed E-state index contributed by atoms with van der Waals surface area (Å²) in [6, 6.07) is 5.41. The van der Waals surface area contributed by atoms with Crippen molar-refractivity contribution in [2.45, 2.75) is 38.0 Å². The Hall–Kier alpha value is -0.620. The molecule has 0 bridgehead atoms. The van der Waals surface area contributed by atoms with Gasteiger partial charge in [-0.1, -0.05) is 26.0 Å². The van der Waals surface area contributed by atoms with Gasteiger partial charge in [0.2, 0.25) is 10.0 Å². The zero-order valence-corrected chi connectivity index (χ0v) is 14.5. The Morgan fingerprint density at radius 2 is 1.95 bits per heavy atom. The molecule has 0 spiro atoms. The van der Waals surface area contributed by atoms with E-state index in [0.29, 0.717) is 43.5 Å². The molecule has 0 aliphatic carbocycles. The molecule has 120 valence electrons. The SMILES string of the molecule is CCOCCN(CC)S(=O)(=O)c1cc(CCl)ccc1CC. The molecule has 1 aromatic rings. The summed E-state index contributed by atoms with van der Waals surface area (Å²) >= 11 is 5.83. The predicted molar refractivity (Wildman–Crippen MR) is 86.3 cm³/mol. The molecular weight excluding hydrogens is 310 g/mol. The van der Waals surface area contributed by atoms with Crippen molar-refractivity contribution in [2.75, 3.05) is 26.3 Å². The summed E-state index contributed by atoms with van der Waals surface area (Å²) in [7, 11) is -3.51. The van der Waals surface area contributed by atoms with Crippen LogP contribution in [0.4, 0.5) is 0 Å². The third-order valence-corrected chi connectivity index (χ3v) is 5.69. The van der Waals surface area contributed by atoms with Crippen molar-refractivity contribution in [3.8, 4) is 0 Å². The lowest BCUT2D eigenvalue weighted by Crippen LogP contribution is -2.34. The quantitative estimate of drug-likeness (QED) is 0.515. The molecule has 0 saturated carbocycles. The van der Waals surface area contributed by atoms with Crippen LogP contribution in [0.15, 0.2) is 23.1 Å². The number of likely N-dealkylation sites (N-methyl/N-ethyl adjacent to an activating group) is 1. The van der Waals surface area contributed by atoms with Crippen LogP contribution in [-0.2, 0) is 27.1 Å². The maximum Gasteiger partial charge on any atom is 0.243 e. The molecule has 0 saturated heterocycles. The molecule has 0 unspecified atom stereocenters. The van der Waals surface area contributed by atoms with Crippen LogP contribution >= 0.6 is 11.6 Å². The lowest BCUT2D eigenvalue weighted by Gasteiger charge is -2.22. The largest absolute Gasteiger partial charge is 0.380 e. The number of nitrogens with zero attached hydrogens (tertiary/aromatic N) is 1. The van der Waals surface area contributed by atoms with Crippen molar-refractivity contribution in [1.82, 2.24) is 4.31 Å². The molecule has 0 aliphatic rings. The van der Waals surface area contributed by atoms with Gasteiger partial charge in [0.1, 0.15) is 0 Å². The van der Waals surface area contributed by atoms with Gasteiger partial charge in [-0.05, 0) is 30.5 Å². The van der Waals surface area contributed by atoms with Crippen molar-refractivity contribution < 1.29 is 13.2 Å². The summed E-state index contributed by atoms with van der Waals surface area (Å²) in [4.78, 5) is 0.362. The average Bonchev–Trinajstić information content (AvgIpc) is 2.50. The Kier molecular flexibility index (Phi) is 7.66. The van der Waals surface area contributed by atoms with Gasteiger partial charge in [-0.15, -0.1) is 11.6 Å². The second kappa shape index (κ2) is 8.73. The second-order valence-electron chi connectivity index (χ2n) is 4.62. The number of rotatable bonds is 9. The van der Waals surface area contributed by atoms with Crippen LogP contribution < -0.4 is 0 Å². The van der Waals surface area contributed by atoms with Crippen LogP contribution in [0.5, 0.6) is 0 Å². The molecule has 0 N–H and O–H groups in total. The van der Waals surface area contributed by atoms with Crippen LogP contribution in [-0.4, -0.2) is 39.0 Å². The fourth-order valence-electron chi connectivity index (χ4n) is 2.11. The number of alkyl halides is 1. The van der Waals surface area contributed by atoms with Gasteiger partial charge < -0.3 is 4.74 Å². The number of hydrogen-bond donors (Lipinski definition) is 0. The second-order valence-corrected chi connectivity index (χ2v) is 6.80. The molecule has 1 aromatic carbocycles. The highest BCUT2D eigenvalue weighted by atomic mass is 35.5. The predicted octanol–water partition coefficient (Wildman–Crippen LogP) is 3.03. The Morgan fingerprint density at radius 1 is 1.24 bits per heavy atom. The van der Waals surface area contributed by atoms with E-state index in [1.54, 1.807) is 6.07 Å². The Bertz CT molecular complexity index is 546. The van der Waals surface area contributed by atoms with Crippen LogP contribution in [0.25, 0.3) is 0 Å². The zero-order chi connectivity index (χ0) is 15.9. The van der Waals surface area contributed by atoms with Gasteiger partial charge in [0.25, 0.3) is 0 Å². The van der Waals surface area contributed by atoms with Crippen molar-refractivity contribution in [2.24, 2.45) is 0 Å². The summed E-state index contributed by atoms with van der Waals surface area (Å²) in [5.41, 5.74) is 1.63. The van der Waals surface area contributed by atoms with E-state index in [-0.39, 0.29) is 0 Å². The average molecular weight is 334 g/mol. The highest BCUT2D eigenvalue weighted by molar-refractivity contribution is 7.89. The smallest absolute Gasteiger partial charge is 0.243 e. The van der Waals surface area contributed by atoms with Crippen LogP contribution in [0.1, 0.15) is 31.9 Å². The number of sulfonamides is 1. The first kappa shape index (κ1) is 18.4. The Labute approximate surface area is 133 Å². The molecule has 0 amide bonds. The number of hydrogen-bond acceptors (Lipinski definition) is 3. The van der Waals surface area contributed by atoms with E-state index in [2.05, 4.69) is 0 Å². The standard InChI is InChI=1S/C15H24ClNO3S/c1-4-14-8-7-13(12-16)11-15(14)21(18,19)17(5-2)9-10-20-6-3/h7-8,11H,4-6,9-10,12H2,1-3H3. The Balaban J connectivity index is 3.14. The summed E-state index contributed by atoms with van der Waals surface area (Å²) in [5, 5.41) is 0. The maximum absolute atomic E-state index is 12.8. The molecule has 1 rings (SSSR count). The van der Waals surface area contributed by atoms with Gasteiger partial charge >= 0.3 is 0 Å². The summed E-state index contributed by atoms with van der Waals surface area (Å²) in [6.07, 6.45) is 0.667. The lowest BCUT2D eigenvalue weighted by atomic mass is 10.1. The molecule has 0 aromatic heterocycles. The third kappa shape index (κ3) is 4.68.